The molecule has 7 nitrogen and oxygen atoms in total. The number of benzene rings is 1. The summed E-state index contributed by atoms with van der Waals surface area (Å²) < 4.78 is 10.9. The lowest BCUT2D eigenvalue weighted by molar-refractivity contribution is -0.0247. The Morgan fingerprint density at radius 1 is 1.42 bits per heavy atom. The third-order valence-corrected chi connectivity index (χ3v) is 4.37. The molecule has 1 atom stereocenters. The van der Waals surface area contributed by atoms with E-state index in [1.165, 1.54) is 12.4 Å². The first kappa shape index (κ1) is 18.3. The number of rotatable bonds is 6. The van der Waals surface area contributed by atoms with Crippen molar-refractivity contribution in [3.05, 3.63) is 63.8 Å². The van der Waals surface area contributed by atoms with Crippen LogP contribution in [0.1, 0.15) is 28.0 Å². The number of morpholine rings is 1. The van der Waals surface area contributed by atoms with E-state index in [0.29, 0.717) is 44.7 Å². The van der Waals surface area contributed by atoms with Gasteiger partial charge in [-0.25, -0.2) is 4.98 Å². The van der Waals surface area contributed by atoms with Crippen molar-refractivity contribution in [1.29, 1.82) is 0 Å². The molecule has 138 valence electrons. The van der Waals surface area contributed by atoms with Crippen molar-refractivity contribution in [3.8, 4) is 0 Å². The van der Waals surface area contributed by atoms with Crippen LogP contribution in [-0.4, -0.2) is 53.7 Å². The molecule has 1 saturated heterocycles. The van der Waals surface area contributed by atoms with Crippen molar-refractivity contribution in [2.75, 3.05) is 26.8 Å². The highest BCUT2D eigenvalue weighted by atomic mass is 16.5. The Labute approximate surface area is 152 Å². The average molecular weight is 357 g/mol. The van der Waals surface area contributed by atoms with Crippen molar-refractivity contribution < 1.29 is 14.3 Å². The first-order valence-electron chi connectivity index (χ1n) is 8.68. The topological polar surface area (TPSA) is 84.5 Å². The molecule has 7 heteroatoms. The van der Waals surface area contributed by atoms with Crippen LogP contribution in [0.25, 0.3) is 0 Å². The maximum Gasteiger partial charge on any atom is 0.254 e. The largest absolute Gasteiger partial charge is 0.380 e. The minimum absolute atomic E-state index is 0.00512. The predicted molar refractivity (Wildman–Crippen MR) is 96.0 cm³/mol. The highest BCUT2D eigenvalue weighted by molar-refractivity contribution is 5.94. The SMILES string of the molecule is COCc1cccc(C(=O)N2CCOC(CCc3cc(=O)[nH]cn3)C2)c1. The fourth-order valence-corrected chi connectivity index (χ4v) is 3.08. The molecule has 0 saturated carbocycles. The molecule has 0 aliphatic carbocycles. The number of ether oxygens (including phenoxy) is 2. The van der Waals surface area contributed by atoms with Gasteiger partial charge in [-0.3, -0.25) is 9.59 Å². The third kappa shape index (κ3) is 4.77. The summed E-state index contributed by atoms with van der Waals surface area (Å²) in [4.78, 5) is 32.6. The molecule has 2 aromatic rings. The molecule has 1 unspecified atom stereocenters. The number of amides is 1. The molecular formula is C19H23N3O4. The van der Waals surface area contributed by atoms with Gasteiger partial charge in [-0.2, -0.15) is 0 Å². The Balaban J connectivity index is 1.59. The number of methoxy groups -OCH3 is 1. The summed E-state index contributed by atoms with van der Waals surface area (Å²) in [5.74, 6) is 0.00512. The van der Waals surface area contributed by atoms with Crippen LogP contribution < -0.4 is 5.56 Å². The van der Waals surface area contributed by atoms with E-state index in [2.05, 4.69) is 9.97 Å². The summed E-state index contributed by atoms with van der Waals surface area (Å²) >= 11 is 0. The zero-order valence-electron chi connectivity index (χ0n) is 14.8. The van der Waals surface area contributed by atoms with Gasteiger partial charge in [0.2, 0.25) is 0 Å². The first-order chi connectivity index (χ1) is 12.7. The lowest BCUT2D eigenvalue weighted by atomic mass is 10.1. The van der Waals surface area contributed by atoms with Crippen LogP contribution in [0.4, 0.5) is 0 Å². The fourth-order valence-electron chi connectivity index (χ4n) is 3.08. The molecule has 3 rings (SSSR count). The number of H-pyrrole nitrogens is 1. The number of aromatic nitrogens is 2. The van der Waals surface area contributed by atoms with Crippen LogP contribution in [0, 0.1) is 0 Å². The predicted octanol–water partition coefficient (Wildman–Crippen LogP) is 1.39. The van der Waals surface area contributed by atoms with Crippen molar-refractivity contribution in [2.45, 2.75) is 25.6 Å². The van der Waals surface area contributed by atoms with E-state index in [0.717, 1.165) is 11.3 Å². The zero-order chi connectivity index (χ0) is 18.4. The molecule has 1 aromatic carbocycles. The number of aromatic amines is 1. The van der Waals surface area contributed by atoms with Crippen LogP contribution in [0.15, 0.2) is 41.5 Å². The summed E-state index contributed by atoms with van der Waals surface area (Å²) in [6, 6.07) is 9.00. The molecule has 0 spiro atoms. The summed E-state index contributed by atoms with van der Waals surface area (Å²) in [6.07, 6.45) is 2.70. The van der Waals surface area contributed by atoms with E-state index >= 15 is 0 Å². The van der Waals surface area contributed by atoms with Crippen LogP contribution in [0.3, 0.4) is 0 Å². The lowest BCUT2D eigenvalue weighted by Crippen LogP contribution is -2.45. The standard InChI is InChI=1S/C19H23N3O4/c1-25-12-14-3-2-4-15(9-14)19(24)22-7-8-26-17(11-22)6-5-16-10-18(23)21-13-20-16/h2-4,9-10,13,17H,5-8,11-12H2,1H3,(H,20,21,23). The van der Waals surface area contributed by atoms with Gasteiger partial charge < -0.3 is 19.4 Å². The number of carbonyl (C=O) groups is 1. The zero-order valence-corrected chi connectivity index (χ0v) is 14.8. The van der Waals surface area contributed by atoms with Gasteiger partial charge >= 0.3 is 0 Å². The summed E-state index contributed by atoms with van der Waals surface area (Å²) in [6.45, 7) is 2.11. The van der Waals surface area contributed by atoms with Gasteiger partial charge in [-0.1, -0.05) is 12.1 Å². The van der Waals surface area contributed by atoms with E-state index in [9.17, 15) is 9.59 Å². The van der Waals surface area contributed by atoms with Gasteiger partial charge in [-0.05, 0) is 30.5 Å². The summed E-state index contributed by atoms with van der Waals surface area (Å²) in [5.41, 5.74) is 2.21. The molecule has 1 N–H and O–H groups in total. The summed E-state index contributed by atoms with van der Waals surface area (Å²) in [7, 11) is 1.64. The number of aryl methyl sites for hydroxylation is 1. The molecule has 1 fully saturated rings. The Morgan fingerprint density at radius 3 is 3.12 bits per heavy atom. The van der Waals surface area contributed by atoms with E-state index in [1.807, 2.05) is 29.2 Å². The van der Waals surface area contributed by atoms with E-state index in [-0.39, 0.29) is 17.6 Å². The van der Waals surface area contributed by atoms with E-state index in [4.69, 9.17) is 9.47 Å². The second-order valence-electron chi connectivity index (χ2n) is 6.32. The van der Waals surface area contributed by atoms with Gasteiger partial charge in [0.15, 0.2) is 0 Å². The minimum Gasteiger partial charge on any atom is -0.380 e. The van der Waals surface area contributed by atoms with E-state index in [1.54, 1.807) is 7.11 Å². The van der Waals surface area contributed by atoms with Gasteiger partial charge in [0, 0.05) is 37.5 Å². The number of nitrogens with zero attached hydrogens (tertiary/aromatic N) is 2. The third-order valence-electron chi connectivity index (χ3n) is 4.37. The summed E-state index contributed by atoms with van der Waals surface area (Å²) in [5, 5.41) is 0. The molecule has 2 heterocycles. The quantitative estimate of drug-likeness (QED) is 0.845. The molecule has 26 heavy (non-hydrogen) atoms. The van der Waals surface area contributed by atoms with Gasteiger partial charge in [0.1, 0.15) is 0 Å². The Hall–Kier alpha value is -2.51. The average Bonchev–Trinajstić information content (AvgIpc) is 2.67. The number of hydrogen-bond donors (Lipinski definition) is 1. The van der Waals surface area contributed by atoms with Crippen LogP contribution >= 0.6 is 0 Å². The van der Waals surface area contributed by atoms with Gasteiger partial charge in [-0.15, -0.1) is 0 Å². The normalized spacial score (nSPS) is 17.3. The van der Waals surface area contributed by atoms with Crippen molar-refractivity contribution in [3.63, 3.8) is 0 Å². The van der Waals surface area contributed by atoms with Gasteiger partial charge in [0.25, 0.3) is 11.5 Å². The molecule has 0 bridgehead atoms. The van der Waals surface area contributed by atoms with Crippen LogP contribution in [0.2, 0.25) is 0 Å². The maximum atomic E-state index is 12.8. The molecule has 1 amide bonds. The number of carbonyl (C=O) groups excluding carboxylic acids is 1. The van der Waals surface area contributed by atoms with Crippen LogP contribution in [-0.2, 0) is 22.5 Å². The lowest BCUT2D eigenvalue weighted by Gasteiger charge is -2.33. The Bertz CT molecular complexity index is 805. The van der Waals surface area contributed by atoms with Crippen molar-refractivity contribution in [2.24, 2.45) is 0 Å². The van der Waals surface area contributed by atoms with Gasteiger partial charge in [0.05, 0.1) is 25.6 Å². The molecule has 1 aromatic heterocycles. The van der Waals surface area contributed by atoms with E-state index < -0.39 is 0 Å². The van der Waals surface area contributed by atoms with Crippen LogP contribution in [0.5, 0.6) is 0 Å². The smallest absolute Gasteiger partial charge is 0.254 e. The molecular weight excluding hydrogens is 334 g/mol. The Kier molecular flexibility index (Phi) is 6.14. The van der Waals surface area contributed by atoms with Crippen molar-refractivity contribution in [1.82, 2.24) is 14.9 Å². The second-order valence-corrected chi connectivity index (χ2v) is 6.32. The minimum atomic E-state index is -0.160. The maximum absolute atomic E-state index is 12.8. The highest BCUT2D eigenvalue weighted by Crippen LogP contribution is 2.15. The highest BCUT2D eigenvalue weighted by Gasteiger charge is 2.25. The monoisotopic (exact) mass is 357 g/mol. The second kappa shape index (κ2) is 8.73. The number of nitrogens with one attached hydrogen (secondary N) is 1. The number of hydrogen-bond acceptors (Lipinski definition) is 5. The van der Waals surface area contributed by atoms with Crippen molar-refractivity contribution >= 4 is 5.91 Å². The molecule has 1 aliphatic heterocycles. The molecule has 1 aliphatic rings. The fraction of sp³-hybridized carbons (Fsp3) is 0.421. The molecule has 0 radical (unpaired) electrons. The first-order valence-corrected chi connectivity index (χ1v) is 8.68. The Morgan fingerprint density at radius 2 is 2.31 bits per heavy atom.